The summed E-state index contributed by atoms with van der Waals surface area (Å²) < 4.78 is 0. The molecule has 1 aromatic heterocycles. The van der Waals surface area contributed by atoms with E-state index in [1.165, 1.54) is 11.3 Å². The molecule has 0 saturated heterocycles. The van der Waals surface area contributed by atoms with Crippen LogP contribution >= 0.6 is 11.3 Å². The van der Waals surface area contributed by atoms with Crippen LogP contribution in [0, 0.1) is 6.92 Å². The number of hydrogen-bond donors (Lipinski definition) is 3. The Balaban J connectivity index is 2.01. The number of carbonyl (C=O) groups is 2. The molecule has 6 nitrogen and oxygen atoms in total. The summed E-state index contributed by atoms with van der Waals surface area (Å²) in [5.41, 5.74) is 1.34. The average molecular weight is 347 g/mol. The molecule has 128 valence electrons. The predicted molar refractivity (Wildman–Crippen MR) is 92.8 cm³/mol. The van der Waals surface area contributed by atoms with E-state index in [9.17, 15) is 14.7 Å². The van der Waals surface area contributed by atoms with Gasteiger partial charge in [-0.05, 0) is 25.5 Å². The van der Waals surface area contributed by atoms with Gasteiger partial charge in [0.05, 0.1) is 12.6 Å². The summed E-state index contributed by atoms with van der Waals surface area (Å²) in [6, 6.07) is 7.33. The topological polar surface area (TPSA) is 91.3 Å². The lowest BCUT2D eigenvalue weighted by atomic mass is 10.1. The number of aliphatic hydroxyl groups excluding tert-OH is 1. The van der Waals surface area contributed by atoms with Crippen LogP contribution in [-0.2, 0) is 4.79 Å². The molecule has 0 bridgehead atoms. The van der Waals surface area contributed by atoms with Crippen molar-refractivity contribution < 1.29 is 14.7 Å². The second-order valence-electron chi connectivity index (χ2n) is 5.37. The Hall–Kier alpha value is -2.25. The van der Waals surface area contributed by atoms with E-state index in [0.29, 0.717) is 12.0 Å². The molecule has 0 unspecified atom stereocenters. The van der Waals surface area contributed by atoms with Crippen LogP contribution in [0.15, 0.2) is 35.7 Å². The Morgan fingerprint density at radius 1 is 1.25 bits per heavy atom. The molecule has 1 aromatic carbocycles. The molecule has 3 N–H and O–H groups in total. The highest BCUT2D eigenvalue weighted by Gasteiger charge is 2.24. The van der Waals surface area contributed by atoms with Gasteiger partial charge in [-0.25, -0.2) is 4.98 Å². The first-order valence-electron chi connectivity index (χ1n) is 7.74. The molecule has 2 rings (SSSR count). The highest BCUT2D eigenvalue weighted by molar-refractivity contribution is 7.09. The van der Waals surface area contributed by atoms with Crippen molar-refractivity contribution in [1.29, 1.82) is 0 Å². The largest absolute Gasteiger partial charge is 0.394 e. The number of carbonyl (C=O) groups excluding carboxylic acids is 2. The molecule has 1 heterocycles. The number of aromatic nitrogens is 1. The Kier molecular flexibility index (Phi) is 6.45. The van der Waals surface area contributed by atoms with Gasteiger partial charge in [0, 0.05) is 16.6 Å². The van der Waals surface area contributed by atoms with Crippen LogP contribution in [0.3, 0.4) is 0 Å². The second-order valence-corrected chi connectivity index (χ2v) is 6.26. The van der Waals surface area contributed by atoms with Crippen LogP contribution in [0.4, 0.5) is 0 Å². The van der Waals surface area contributed by atoms with Gasteiger partial charge in [0.25, 0.3) is 5.91 Å². The maximum Gasteiger partial charge on any atom is 0.251 e. The molecular weight excluding hydrogens is 326 g/mol. The summed E-state index contributed by atoms with van der Waals surface area (Å²) in [6.07, 6.45) is 0.670. The molecule has 0 aliphatic heterocycles. The molecule has 0 aliphatic carbocycles. The zero-order valence-corrected chi connectivity index (χ0v) is 14.5. The van der Waals surface area contributed by atoms with Gasteiger partial charge in [0.2, 0.25) is 5.91 Å². The summed E-state index contributed by atoms with van der Waals surface area (Å²) in [6.45, 7) is 3.36. The van der Waals surface area contributed by atoms with E-state index in [4.69, 9.17) is 0 Å². The number of aryl methyl sites for hydroxylation is 1. The molecule has 24 heavy (non-hydrogen) atoms. The van der Waals surface area contributed by atoms with E-state index in [2.05, 4.69) is 15.6 Å². The Labute approximate surface area is 144 Å². The smallest absolute Gasteiger partial charge is 0.251 e. The fourth-order valence-electron chi connectivity index (χ4n) is 2.17. The molecule has 7 heteroatoms. The lowest BCUT2D eigenvalue weighted by molar-refractivity contribution is -0.124. The number of rotatable bonds is 7. The van der Waals surface area contributed by atoms with Gasteiger partial charge in [-0.3, -0.25) is 9.59 Å². The second kappa shape index (κ2) is 8.56. The highest BCUT2D eigenvalue weighted by Crippen LogP contribution is 2.20. The van der Waals surface area contributed by atoms with Crippen molar-refractivity contribution >= 4 is 23.2 Å². The standard InChI is InChI=1S/C17H21N3O3S/c1-3-13(17-18-11(2)10-24-17)19-16(23)14(9-21)20-15(22)12-7-5-4-6-8-12/h4-8,10,13-14,21H,3,9H2,1-2H3,(H,19,23)(H,20,22)/t13-,14-/m0/s1. The van der Waals surface area contributed by atoms with Crippen molar-refractivity contribution in [3.8, 4) is 0 Å². The monoisotopic (exact) mass is 347 g/mol. The van der Waals surface area contributed by atoms with Crippen LogP contribution < -0.4 is 10.6 Å². The lowest BCUT2D eigenvalue weighted by Crippen LogP contribution is -2.49. The Morgan fingerprint density at radius 3 is 2.50 bits per heavy atom. The lowest BCUT2D eigenvalue weighted by Gasteiger charge is -2.20. The summed E-state index contributed by atoms with van der Waals surface area (Å²) in [4.78, 5) is 28.9. The van der Waals surface area contributed by atoms with E-state index in [1.807, 2.05) is 19.2 Å². The minimum absolute atomic E-state index is 0.237. The SMILES string of the molecule is CC[C@H](NC(=O)[C@H](CO)NC(=O)c1ccccc1)c1nc(C)cs1. The number of hydrogen-bond acceptors (Lipinski definition) is 5. The van der Waals surface area contributed by atoms with Crippen molar-refractivity contribution in [2.24, 2.45) is 0 Å². The molecule has 0 saturated carbocycles. The van der Waals surface area contributed by atoms with Gasteiger partial charge in [-0.2, -0.15) is 0 Å². The van der Waals surface area contributed by atoms with Crippen LogP contribution in [0.5, 0.6) is 0 Å². The number of aliphatic hydroxyl groups is 1. The predicted octanol–water partition coefficient (Wildman–Crippen LogP) is 1.81. The first-order valence-corrected chi connectivity index (χ1v) is 8.62. The molecule has 0 spiro atoms. The molecule has 0 aliphatic rings. The first kappa shape index (κ1) is 18.1. The van der Waals surface area contributed by atoms with Gasteiger partial charge < -0.3 is 15.7 Å². The highest BCUT2D eigenvalue weighted by atomic mass is 32.1. The molecule has 2 aromatic rings. The summed E-state index contributed by atoms with van der Waals surface area (Å²) in [5.74, 6) is -0.829. The first-order chi connectivity index (χ1) is 11.5. The zero-order valence-electron chi connectivity index (χ0n) is 13.7. The van der Waals surface area contributed by atoms with Gasteiger partial charge in [-0.1, -0.05) is 25.1 Å². The third-order valence-corrected chi connectivity index (χ3v) is 4.58. The average Bonchev–Trinajstić information content (AvgIpc) is 3.04. The van der Waals surface area contributed by atoms with Crippen LogP contribution in [0.25, 0.3) is 0 Å². The van der Waals surface area contributed by atoms with E-state index in [0.717, 1.165) is 10.7 Å². The van der Waals surface area contributed by atoms with Gasteiger partial charge in [0.15, 0.2) is 0 Å². The van der Waals surface area contributed by atoms with Crippen LogP contribution in [0.2, 0.25) is 0 Å². The molecular formula is C17H21N3O3S. The molecule has 2 atom stereocenters. The van der Waals surface area contributed by atoms with Gasteiger partial charge in [0.1, 0.15) is 11.0 Å². The van der Waals surface area contributed by atoms with Crippen molar-refractivity contribution in [3.05, 3.63) is 52.0 Å². The summed E-state index contributed by atoms with van der Waals surface area (Å²) in [5, 5.41) is 17.6. The third kappa shape index (κ3) is 4.62. The Bertz CT molecular complexity index is 687. The van der Waals surface area contributed by atoms with Gasteiger partial charge >= 0.3 is 0 Å². The minimum Gasteiger partial charge on any atom is -0.394 e. The normalized spacial score (nSPS) is 13.1. The van der Waals surface area contributed by atoms with E-state index >= 15 is 0 Å². The zero-order chi connectivity index (χ0) is 17.5. The molecule has 2 amide bonds. The maximum atomic E-state index is 12.4. The summed E-state index contributed by atoms with van der Waals surface area (Å²) >= 11 is 1.48. The minimum atomic E-state index is -1.01. The number of benzene rings is 1. The van der Waals surface area contributed by atoms with E-state index in [1.54, 1.807) is 30.3 Å². The van der Waals surface area contributed by atoms with Crippen molar-refractivity contribution in [2.45, 2.75) is 32.4 Å². The summed E-state index contributed by atoms with van der Waals surface area (Å²) in [7, 11) is 0. The molecule has 0 fully saturated rings. The van der Waals surface area contributed by atoms with Crippen molar-refractivity contribution in [2.75, 3.05) is 6.61 Å². The number of nitrogens with one attached hydrogen (secondary N) is 2. The third-order valence-electron chi connectivity index (χ3n) is 3.50. The van der Waals surface area contributed by atoms with Gasteiger partial charge in [-0.15, -0.1) is 11.3 Å². The van der Waals surface area contributed by atoms with E-state index < -0.39 is 24.5 Å². The number of nitrogens with zero attached hydrogens (tertiary/aromatic N) is 1. The number of thiazole rings is 1. The maximum absolute atomic E-state index is 12.4. The van der Waals surface area contributed by atoms with Crippen molar-refractivity contribution in [3.63, 3.8) is 0 Å². The van der Waals surface area contributed by atoms with E-state index in [-0.39, 0.29) is 6.04 Å². The van der Waals surface area contributed by atoms with Crippen molar-refractivity contribution in [1.82, 2.24) is 15.6 Å². The fraction of sp³-hybridized carbons (Fsp3) is 0.353. The van der Waals surface area contributed by atoms with Crippen LogP contribution in [-0.4, -0.2) is 34.6 Å². The van der Waals surface area contributed by atoms with Crippen LogP contribution in [0.1, 0.15) is 40.4 Å². The Morgan fingerprint density at radius 2 is 1.96 bits per heavy atom. The molecule has 0 radical (unpaired) electrons. The quantitative estimate of drug-likeness (QED) is 0.712. The fourth-order valence-corrected chi connectivity index (χ4v) is 3.10. The number of amides is 2.